The van der Waals surface area contributed by atoms with Crippen molar-refractivity contribution in [1.82, 2.24) is 16.0 Å². The molecular weight excluding hydrogens is 310 g/mol. The van der Waals surface area contributed by atoms with E-state index in [0.29, 0.717) is 30.4 Å². The molecule has 0 aromatic carbocycles. The van der Waals surface area contributed by atoms with Gasteiger partial charge in [-0.25, -0.2) is 0 Å². The second kappa shape index (κ2) is 10.4. The van der Waals surface area contributed by atoms with E-state index in [1.165, 1.54) is 49.9 Å². The number of thiophene rings is 1. The van der Waals surface area contributed by atoms with Crippen molar-refractivity contribution < 1.29 is 9.59 Å². The smallest absolute Gasteiger partial charge is 0.261 e. The molecule has 3 N–H and O–H groups in total. The van der Waals surface area contributed by atoms with Crippen LogP contribution in [0.25, 0.3) is 0 Å². The molecule has 2 rings (SSSR count). The van der Waals surface area contributed by atoms with Gasteiger partial charge in [0.15, 0.2) is 0 Å². The predicted octanol–water partition coefficient (Wildman–Crippen LogP) is 2.30. The maximum Gasteiger partial charge on any atom is 0.261 e. The summed E-state index contributed by atoms with van der Waals surface area (Å²) in [5.41, 5.74) is 0. The molecule has 1 saturated carbocycles. The molecule has 128 valence electrons. The lowest BCUT2D eigenvalue weighted by atomic mass is 10.1. The number of hydrogen-bond donors (Lipinski definition) is 3. The minimum absolute atomic E-state index is 0.0147. The molecular formula is C17H27N3O2S. The molecule has 23 heavy (non-hydrogen) atoms. The van der Waals surface area contributed by atoms with Gasteiger partial charge in [0, 0.05) is 32.1 Å². The average molecular weight is 337 g/mol. The summed E-state index contributed by atoms with van der Waals surface area (Å²) < 4.78 is 0. The highest BCUT2D eigenvalue weighted by Crippen LogP contribution is 2.16. The fraction of sp³-hybridized carbons (Fsp3) is 0.647. The fourth-order valence-corrected chi connectivity index (χ4v) is 3.47. The van der Waals surface area contributed by atoms with E-state index in [4.69, 9.17) is 0 Å². The highest BCUT2D eigenvalue weighted by atomic mass is 32.1. The topological polar surface area (TPSA) is 70.2 Å². The molecule has 0 unspecified atom stereocenters. The standard InChI is InChI=1S/C17H27N3O2S/c21-16(9-10-20-17(22)15-8-5-13-23-15)19-12-11-18-14-6-3-1-2-4-7-14/h5,8,13-14,18H,1-4,6-7,9-12H2,(H,19,21)(H,20,22). The minimum Gasteiger partial charge on any atom is -0.355 e. The minimum atomic E-state index is -0.108. The number of nitrogens with one attached hydrogen (secondary N) is 3. The van der Waals surface area contributed by atoms with Gasteiger partial charge in [0.25, 0.3) is 5.91 Å². The number of carbonyl (C=O) groups is 2. The molecule has 2 amide bonds. The van der Waals surface area contributed by atoms with Gasteiger partial charge in [-0.1, -0.05) is 31.7 Å². The molecule has 1 fully saturated rings. The van der Waals surface area contributed by atoms with Crippen LogP contribution in [-0.4, -0.2) is 37.5 Å². The Balaban J connectivity index is 1.49. The second-order valence-electron chi connectivity index (χ2n) is 5.98. The number of carbonyl (C=O) groups excluding carboxylic acids is 2. The van der Waals surface area contributed by atoms with Gasteiger partial charge in [-0.2, -0.15) is 0 Å². The average Bonchev–Trinajstić information content (AvgIpc) is 2.96. The van der Waals surface area contributed by atoms with Crippen LogP contribution < -0.4 is 16.0 Å². The van der Waals surface area contributed by atoms with Crippen molar-refractivity contribution in [1.29, 1.82) is 0 Å². The Labute approximate surface area is 142 Å². The molecule has 1 aromatic rings. The quantitative estimate of drug-likeness (QED) is 0.503. The van der Waals surface area contributed by atoms with Crippen molar-refractivity contribution in [3.8, 4) is 0 Å². The molecule has 5 nitrogen and oxygen atoms in total. The van der Waals surface area contributed by atoms with Crippen molar-refractivity contribution >= 4 is 23.2 Å². The Hall–Kier alpha value is -1.40. The van der Waals surface area contributed by atoms with Crippen molar-refractivity contribution in [3.63, 3.8) is 0 Å². The Morgan fingerprint density at radius 2 is 1.83 bits per heavy atom. The van der Waals surface area contributed by atoms with Crippen LogP contribution in [0.15, 0.2) is 17.5 Å². The second-order valence-corrected chi connectivity index (χ2v) is 6.92. The summed E-state index contributed by atoms with van der Waals surface area (Å²) in [4.78, 5) is 24.1. The molecule has 6 heteroatoms. The number of rotatable bonds is 8. The molecule has 0 atom stereocenters. The molecule has 1 heterocycles. The van der Waals surface area contributed by atoms with E-state index >= 15 is 0 Å². The summed E-state index contributed by atoms with van der Waals surface area (Å²) in [6, 6.07) is 4.23. The third kappa shape index (κ3) is 7.14. The summed E-state index contributed by atoms with van der Waals surface area (Å²) in [6.07, 6.45) is 8.16. The summed E-state index contributed by atoms with van der Waals surface area (Å²) in [6.45, 7) is 1.84. The fourth-order valence-electron chi connectivity index (χ4n) is 2.83. The molecule has 0 bridgehead atoms. The predicted molar refractivity (Wildman–Crippen MR) is 93.8 cm³/mol. The zero-order chi connectivity index (χ0) is 16.3. The van der Waals surface area contributed by atoms with Crippen LogP contribution in [0.1, 0.15) is 54.6 Å². The Kier molecular flexibility index (Phi) is 8.11. The van der Waals surface area contributed by atoms with E-state index < -0.39 is 0 Å². The highest BCUT2D eigenvalue weighted by molar-refractivity contribution is 7.12. The first-order chi connectivity index (χ1) is 11.3. The molecule has 0 aliphatic heterocycles. The highest BCUT2D eigenvalue weighted by Gasteiger charge is 2.11. The Morgan fingerprint density at radius 3 is 2.52 bits per heavy atom. The van der Waals surface area contributed by atoms with Crippen molar-refractivity contribution in [2.45, 2.75) is 51.0 Å². The summed E-state index contributed by atoms with van der Waals surface area (Å²) in [5, 5.41) is 11.0. The molecule has 0 radical (unpaired) electrons. The molecule has 1 aliphatic rings. The first-order valence-electron chi connectivity index (χ1n) is 8.57. The first-order valence-corrected chi connectivity index (χ1v) is 9.45. The van der Waals surface area contributed by atoms with Gasteiger partial charge in [0.1, 0.15) is 0 Å². The van der Waals surface area contributed by atoms with Crippen LogP contribution >= 0.6 is 11.3 Å². The van der Waals surface area contributed by atoms with Gasteiger partial charge in [-0.15, -0.1) is 11.3 Å². The van der Waals surface area contributed by atoms with E-state index in [2.05, 4.69) is 16.0 Å². The van der Waals surface area contributed by atoms with Crippen LogP contribution in [0.3, 0.4) is 0 Å². The number of hydrogen-bond acceptors (Lipinski definition) is 4. The van der Waals surface area contributed by atoms with E-state index in [0.717, 1.165) is 6.54 Å². The van der Waals surface area contributed by atoms with Crippen molar-refractivity contribution in [2.24, 2.45) is 0 Å². The lowest BCUT2D eigenvalue weighted by Gasteiger charge is -2.16. The number of amides is 2. The monoisotopic (exact) mass is 337 g/mol. The van der Waals surface area contributed by atoms with Crippen LogP contribution in [0.2, 0.25) is 0 Å². The maximum atomic E-state index is 11.7. The largest absolute Gasteiger partial charge is 0.355 e. The first kappa shape index (κ1) is 17.9. The van der Waals surface area contributed by atoms with Crippen LogP contribution in [0.4, 0.5) is 0 Å². The van der Waals surface area contributed by atoms with Gasteiger partial charge in [0.05, 0.1) is 4.88 Å². The van der Waals surface area contributed by atoms with Gasteiger partial charge < -0.3 is 16.0 Å². The van der Waals surface area contributed by atoms with E-state index in [1.54, 1.807) is 6.07 Å². The van der Waals surface area contributed by atoms with Gasteiger partial charge in [-0.3, -0.25) is 9.59 Å². The Bertz CT molecular complexity index is 468. The van der Waals surface area contributed by atoms with Crippen LogP contribution in [0, 0.1) is 0 Å². The normalized spacial score (nSPS) is 15.8. The molecule has 0 spiro atoms. The summed E-state index contributed by atoms with van der Waals surface area (Å²) in [5.74, 6) is -0.123. The third-order valence-corrected chi connectivity index (χ3v) is 4.99. The molecule has 1 aromatic heterocycles. The lowest BCUT2D eigenvalue weighted by Crippen LogP contribution is -2.37. The van der Waals surface area contributed by atoms with Crippen molar-refractivity contribution in [3.05, 3.63) is 22.4 Å². The SMILES string of the molecule is O=C(CCNC(=O)c1cccs1)NCCNC1CCCCCC1. The van der Waals surface area contributed by atoms with Gasteiger partial charge >= 0.3 is 0 Å². The third-order valence-electron chi connectivity index (χ3n) is 4.12. The van der Waals surface area contributed by atoms with E-state index in [1.807, 2.05) is 11.4 Å². The summed E-state index contributed by atoms with van der Waals surface area (Å²) in [7, 11) is 0. The maximum absolute atomic E-state index is 11.7. The van der Waals surface area contributed by atoms with Gasteiger partial charge in [-0.05, 0) is 24.3 Å². The van der Waals surface area contributed by atoms with Crippen LogP contribution in [0.5, 0.6) is 0 Å². The molecule has 0 saturated heterocycles. The van der Waals surface area contributed by atoms with Crippen LogP contribution in [-0.2, 0) is 4.79 Å². The Morgan fingerprint density at radius 1 is 1.04 bits per heavy atom. The van der Waals surface area contributed by atoms with E-state index in [9.17, 15) is 9.59 Å². The van der Waals surface area contributed by atoms with Crippen molar-refractivity contribution in [2.75, 3.05) is 19.6 Å². The van der Waals surface area contributed by atoms with E-state index in [-0.39, 0.29) is 11.8 Å². The summed E-state index contributed by atoms with van der Waals surface area (Å²) >= 11 is 1.40. The van der Waals surface area contributed by atoms with Gasteiger partial charge in [0.2, 0.25) is 5.91 Å². The lowest BCUT2D eigenvalue weighted by molar-refractivity contribution is -0.120. The molecule has 1 aliphatic carbocycles. The zero-order valence-electron chi connectivity index (χ0n) is 13.6. The zero-order valence-corrected chi connectivity index (χ0v) is 14.4.